The molecule has 1 aliphatic rings. The van der Waals surface area contributed by atoms with E-state index in [4.69, 9.17) is 0 Å². The average Bonchev–Trinajstić information content (AvgIpc) is 2.14. The number of hydrogen-bond donors (Lipinski definition) is 1. The van der Waals surface area contributed by atoms with Gasteiger partial charge in [0, 0.05) is 25.3 Å². The first kappa shape index (κ1) is 11.4. The van der Waals surface area contributed by atoms with Crippen molar-refractivity contribution in [1.82, 2.24) is 5.32 Å². The Morgan fingerprint density at radius 3 is 2.69 bits per heavy atom. The highest BCUT2D eigenvalue weighted by atomic mass is 19.1. The number of halogens is 1. The molecule has 0 bridgehead atoms. The number of nitrogens with zero attached hydrogens (tertiary/aromatic N) is 1. The SMILES string of the molecule is CNCc1cc(F)cc(N(C)C2CCC2)c1. The van der Waals surface area contributed by atoms with Gasteiger partial charge >= 0.3 is 0 Å². The Kier molecular flexibility index (Phi) is 3.44. The van der Waals surface area contributed by atoms with Crippen LogP contribution in [0, 0.1) is 5.82 Å². The van der Waals surface area contributed by atoms with Crippen molar-refractivity contribution in [2.24, 2.45) is 0 Å². The van der Waals surface area contributed by atoms with Gasteiger partial charge in [-0.3, -0.25) is 0 Å². The van der Waals surface area contributed by atoms with Crippen molar-refractivity contribution in [3.8, 4) is 0 Å². The molecule has 1 fully saturated rings. The Morgan fingerprint density at radius 1 is 1.38 bits per heavy atom. The van der Waals surface area contributed by atoms with Gasteiger partial charge in [0.1, 0.15) is 5.82 Å². The molecule has 0 heterocycles. The predicted molar refractivity (Wildman–Crippen MR) is 65.2 cm³/mol. The molecular formula is C13H19FN2. The third-order valence-corrected chi connectivity index (χ3v) is 3.35. The fourth-order valence-electron chi connectivity index (χ4n) is 2.13. The maximum absolute atomic E-state index is 13.4. The second kappa shape index (κ2) is 4.83. The van der Waals surface area contributed by atoms with Crippen LogP contribution < -0.4 is 10.2 Å². The van der Waals surface area contributed by atoms with Crippen LogP contribution in [0.25, 0.3) is 0 Å². The Labute approximate surface area is 96.5 Å². The third kappa shape index (κ3) is 2.35. The number of anilines is 1. The van der Waals surface area contributed by atoms with Gasteiger partial charge in [0.25, 0.3) is 0 Å². The summed E-state index contributed by atoms with van der Waals surface area (Å²) < 4.78 is 13.4. The molecule has 1 aromatic rings. The van der Waals surface area contributed by atoms with Gasteiger partial charge < -0.3 is 10.2 Å². The van der Waals surface area contributed by atoms with Crippen LogP contribution in [0.4, 0.5) is 10.1 Å². The number of benzene rings is 1. The first-order valence-corrected chi connectivity index (χ1v) is 5.87. The smallest absolute Gasteiger partial charge is 0.125 e. The summed E-state index contributed by atoms with van der Waals surface area (Å²) in [6.45, 7) is 0.712. The maximum atomic E-state index is 13.4. The first-order valence-electron chi connectivity index (χ1n) is 5.87. The van der Waals surface area contributed by atoms with Gasteiger partial charge in [0.15, 0.2) is 0 Å². The Bertz CT molecular complexity index is 361. The third-order valence-electron chi connectivity index (χ3n) is 3.35. The van der Waals surface area contributed by atoms with E-state index in [1.165, 1.54) is 19.3 Å². The van der Waals surface area contributed by atoms with E-state index >= 15 is 0 Å². The second-order valence-corrected chi connectivity index (χ2v) is 4.54. The van der Waals surface area contributed by atoms with Crippen LogP contribution >= 0.6 is 0 Å². The van der Waals surface area contributed by atoms with Crippen molar-refractivity contribution < 1.29 is 4.39 Å². The Hall–Kier alpha value is -1.09. The molecule has 88 valence electrons. The lowest BCUT2D eigenvalue weighted by atomic mass is 9.91. The van der Waals surface area contributed by atoms with E-state index in [0.717, 1.165) is 11.3 Å². The van der Waals surface area contributed by atoms with Gasteiger partial charge in [-0.25, -0.2) is 4.39 Å². The lowest BCUT2D eigenvalue weighted by molar-refractivity contribution is 0.401. The largest absolute Gasteiger partial charge is 0.372 e. The van der Waals surface area contributed by atoms with Crippen LogP contribution in [0.15, 0.2) is 18.2 Å². The van der Waals surface area contributed by atoms with Gasteiger partial charge in [-0.15, -0.1) is 0 Å². The Morgan fingerprint density at radius 2 is 2.12 bits per heavy atom. The summed E-state index contributed by atoms with van der Waals surface area (Å²) >= 11 is 0. The molecule has 1 aromatic carbocycles. The molecule has 0 atom stereocenters. The molecule has 0 saturated heterocycles. The zero-order chi connectivity index (χ0) is 11.5. The van der Waals surface area contributed by atoms with Crippen LogP contribution in [0.1, 0.15) is 24.8 Å². The summed E-state index contributed by atoms with van der Waals surface area (Å²) in [6, 6.07) is 5.88. The second-order valence-electron chi connectivity index (χ2n) is 4.54. The maximum Gasteiger partial charge on any atom is 0.125 e. The molecular weight excluding hydrogens is 203 g/mol. The number of nitrogens with one attached hydrogen (secondary N) is 1. The van der Waals surface area contributed by atoms with Crippen LogP contribution in [-0.2, 0) is 6.54 Å². The molecule has 1 N–H and O–H groups in total. The van der Waals surface area contributed by atoms with Gasteiger partial charge in [-0.1, -0.05) is 0 Å². The molecule has 2 nitrogen and oxygen atoms in total. The van der Waals surface area contributed by atoms with E-state index in [0.29, 0.717) is 12.6 Å². The van der Waals surface area contributed by atoms with Crippen molar-refractivity contribution in [2.45, 2.75) is 31.8 Å². The summed E-state index contributed by atoms with van der Waals surface area (Å²) in [5.74, 6) is -0.145. The Balaban J connectivity index is 2.18. The molecule has 1 aliphatic carbocycles. The molecule has 3 heteroatoms. The molecule has 0 radical (unpaired) electrons. The molecule has 1 saturated carbocycles. The van der Waals surface area contributed by atoms with E-state index in [2.05, 4.69) is 23.3 Å². The fourth-order valence-corrected chi connectivity index (χ4v) is 2.13. The monoisotopic (exact) mass is 222 g/mol. The lowest BCUT2D eigenvalue weighted by Crippen LogP contribution is -2.37. The minimum atomic E-state index is -0.145. The zero-order valence-corrected chi connectivity index (χ0v) is 9.96. The summed E-state index contributed by atoms with van der Waals surface area (Å²) in [4.78, 5) is 2.20. The van der Waals surface area contributed by atoms with Gasteiger partial charge in [-0.2, -0.15) is 0 Å². The number of hydrogen-bond acceptors (Lipinski definition) is 2. The summed E-state index contributed by atoms with van der Waals surface area (Å²) in [5, 5.41) is 3.05. The van der Waals surface area contributed by atoms with E-state index in [1.807, 2.05) is 7.05 Å². The van der Waals surface area contributed by atoms with Crippen molar-refractivity contribution in [3.05, 3.63) is 29.6 Å². The normalized spacial score (nSPS) is 15.9. The van der Waals surface area contributed by atoms with Crippen molar-refractivity contribution in [2.75, 3.05) is 19.0 Å². The van der Waals surface area contributed by atoms with Crippen LogP contribution in [0.2, 0.25) is 0 Å². The zero-order valence-electron chi connectivity index (χ0n) is 9.96. The quantitative estimate of drug-likeness (QED) is 0.842. The molecule has 0 spiro atoms. The number of rotatable bonds is 4. The predicted octanol–water partition coefficient (Wildman–Crippen LogP) is 2.53. The summed E-state index contributed by atoms with van der Waals surface area (Å²) in [7, 11) is 3.93. The highest BCUT2D eigenvalue weighted by Crippen LogP contribution is 2.29. The minimum absolute atomic E-state index is 0.145. The van der Waals surface area contributed by atoms with Gasteiger partial charge in [-0.05, 0) is 50.1 Å². The molecule has 0 aromatic heterocycles. The lowest BCUT2D eigenvalue weighted by Gasteiger charge is -2.36. The highest BCUT2D eigenvalue weighted by Gasteiger charge is 2.22. The van der Waals surface area contributed by atoms with E-state index in [9.17, 15) is 4.39 Å². The molecule has 0 aliphatic heterocycles. The van der Waals surface area contributed by atoms with Crippen molar-refractivity contribution in [3.63, 3.8) is 0 Å². The van der Waals surface area contributed by atoms with E-state index in [-0.39, 0.29) is 5.82 Å². The van der Waals surface area contributed by atoms with Crippen molar-refractivity contribution >= 4 is 5.69 Å². The first-order chi connectivity index (χ1) is 7.70. The molecule has 0 amide bonds. The fraction of sp³-hybridized carbons (Fsp3) is 0.538. The molecule has 16 heavy (non-hydrogen) atoms. The van der Waals surface area contributed by atoms with Gasteiger partial charge in [0.2, 0.25) is 0 Å². The molecule has 2 rings (SSSR count). The summed E-state index contributed by atoms with van der Waals surface area (Å²) in [6.07, 6.45) is 3.76. The van der Waals surface area contributed by atoms with Crippen LogP contribution in [0.5, 0.6) is 0 Å². The van der Waals surface area contributed by atoms with Crippen LogP contribution in [-0.4, -0.2) is 20.1 Å². The van der Waals surface area contributed by atoms with Crippen molar-refractivity contribution in [1.29, 1.82) is 0 Å². The average molecular weight is 222 g/mol. The minimum Gasteiger partial charge on any atom is -0.372 e. The standard InChI is InChI=1S/C13H19FN2/c1-15-9-10-6-11(14)8-13(7-10)16(2)12-4-3-5-12/h6-8,12,15H,3-5,9H2,1-2H3. The van der Waals surface area contributed by atoms with Gasteiger partial charge in [0.05, 0.1) is 0 Å². The molecule has 0 unspecified atom stereocenters. The van der Waals surface area contributed by atoms with E-state index in [1.54, 1.807) is 12.1 Å². The van der Waals surface area contributed by atoms with E-state index < -0.39 is 0 Å². The summed E-state index contributed by atoms with van der Waals surface area (Å²) in [5.41, 5.74) is 2.00. The highest BCUT2D eigenvalue weighted by molar-refractivity contribution is 5.49. The van der Waals surface area contributed by atoms with Crippen LogP contribution in [0.3, 0.4) is 0 Å². The topological polar surface area (TPSA) is 15.3 Å².